The van der Waals surface area contributed by atoms with E-state index in [0.29, 0.717) is 42.8 Å². The number of para-hydroxylation sites is 2. The molecule has 0 saturated heterocycles. The molecule has 1 heterocycles. The number of aliphatic carboxylic acids is 1. The lowest BCUT2D eigenvalue weighted by Gasteiger charge is -2.36. The van der Waals surface area contributed by atoms with Gasteiger partial charge in [-0.1, -0.05) is 18.2 Å². The van der Waals surface area contributed by atoms with Crippen LogP contribution in [0, 0.1) is 0 Å². The fraction of sp³-hybridized carbons (Fsp3) is 0.323. The van der Waals surface area contributed by atoms with Crippen LogP contribution in [0.25, 0.3) is 0 Å². The van der Waals surface area contributed by atoms with Crippen LogP contribution in [0.5, 0.6) is 17.2 Å². The maximum absolute atomic E-state index is 13.1. The van der Waals surface area contributed by atoms with E-state index in [-0.39, 0.29) is 43.4 Å². The number of nitrogens with zero attached hydrogens (tertiary/aromatic N) is 1. The Balaban J connectivity index is 1.30. The van der Waals surface area contributed by atoms with Gasteiger partial charge in [0, 0.05) is 18.5 Å². The number of halogens is 3. The fourth-order valence-electron chi connectivity index (χ4n) is 4.55. The first-order valence-electron chi connectivity index (χ1n) is 14.0. The summed E-state index contributed by atoms with van der Waals surface area (Å²) in [5.41, 5.74) is 0.280. The molecule has 0 aromatic heterocycles. The molecule has 1 atom stereocenters. The molecule has 0 bridgehead atoms. The van der Waals surface area contributed by atoms with Gasteiger partial charge >= 0.3 is 18.3 Å². The summed E-state index contributed by atoms with van der Waals surface area (Å²) in [5.74, 6) is -0.985. The second kappa shape index (κ2) is 15.0. The smallest absolute Gasteiger partial charge is 0.494 e. The minimum Gasteiger partial charge on any atom is -0.494 e. The Morgan fingerprint density at radius 3 is 2.31 bits per heavy atom. The summed E-state index contributed by atoms with van der Waals surface area (Å²) in [6.45, 7) is 0.703. The highest BCUT2D eigenvalue weighted by molar-refractivity contribution is 6.05. The number of carboxylic acid groups (broad SMARTS) is 2. The molecule has 240 valence electrons. The Bertz CT molecular complexity index is 1480. The van der Waals surface area contributed by atoms with Crippen molar-refractivity contribution in [3.63, 3.8) is 0 Å². The molecule has 1 aliphatic heterocycles. The number of alkyl halides is 3. The Labute approximate surface area is 256 Å². The lowest BCUT2D eigenvalue weighted by atomic mass is 10.1. The predicted octanol–water partition coefficient (Wildman–Crippen LogP) is 6.28. The first-order valence-corrected chi connectivity index (χ1v) is 14.0. The molecule has 0 saturated carbocycles. The van der Waals surface area contributed by atoms with E-state index in [0.717, 1.165) is 6.07 Å². The largest absolute Gasteiger partial charge is 0.508 e. The van der Waals surface area contributed by atoms with Crippen molar-refractivity contribution in [3.8, 4) is 17.2 Å². The molecular formula is C31H31F3N2O9. The number of amides is 1. The van der Waals surface area contributed by atoms with Gasteiger partial charge in [-0.3, -0.25) is 9.59 Å². The number of benzene rings is 3. The van der Waals surface area contributed by atoms with Crippen molar-refractivity contribution < 1.29 is 56.7 Å². The second-order valence-corrected chi connectivity index (χ2v) is 9.90. The SMILES string of the molecule is O=C(O)CCCN1CC(OC(=O)O)Oc2c(NC(=O)c3ccc(OCCCCOc4ccccc4C(F)(F)F)cc3)cccc21. The number of hydrogen-bond donors (Lipinski definition) is 3. The number of carbonyl (C=O) groups excluding carboxylic acids is 1. The highest BCUT2D eigenvalue weighted by Crippen LogP contribution is 2.40. The number of unbranched alkanes of at least 4 members (excludes halogenated alkanes) is 1. The Morgan fingerprint density at radius 2 is 1.62 bits per heavy atom. The summed E-state index contributed by atoms with van der Waals surface area (Å²) in [7, 11) is 0. The van der Waals surface area contributed by atoms with E-state index >= 15 is 0 Å². The quantitative estimate of drug-likeness (QED) is 0.137. The van der Waals surface area contributed by atoms with Gasteiger partial charge in [-0.05, 0) is 67.8 Å². The average Bonchev–Trinajstić information content (AvgIpc) is 2.99. The van der Waals surface area contributed by atoms with Gasteiger partial charge in [-0.25, -0.2) is 4.79 Å². The predicted molar refractivity (Wildman–Crippen MR) is 155 cm³/mol. The van der Waals surface area contributed by atoms with Gasteiger partial charge in [0.2, 0.25) is 0 Å². The van der Waals surface area contributed by atoms with Gasteiger partial charge in [0.15, 0.2) is 5.75 Å². The fourth-order valence-corrected chi connectivity index (χ4v) is 4.55. The summed E-state index contributed by atoms with van der Waals surface area (Å²) < 4.78 is 60.8. The third kappa shape index (κ3) is 9.42. The van der Waals surface area contributed by atoms with Crippen molar-refractivity contribution in [2.24, 2.45) is 0 Å². The van der Waals surface area contributed by atoms with Gasteiger partial charge in [-0.2, -0.15) is 13.2 Å². The normalized spacial score (nSPS) is 14.1. The Hall–Kier alpha value is -5.14. The first kappa shape index (κ1) is 32.8. The van der Waals surface area contributed by atoms with Crippen LogP contribution >= 0.6 is 0 Å². The van der Waals surface area contributed by atoms with E-state index in [4.69, 9.17) is 29.2 Å². The lowest BCUT2D eigenvalue weighted by molar-refractivity contribution is -0.139. The summed E-state index contributed by atoms with van der Waals surface area (Å²) in [5, 5.41) is 20.8. The van der Waals surface area contributed by atoms with Crippen molar-refractivity contribution in [3.05, 3.63) is 77.9 Å². The van der Waals surface area contributed by atoms with Crippen molar-refractivity contribution in [2.75, 3.05) is 36.5 Å². The second-order valence-electron chi connectivity index (χ2n) is 9.90. The highest BCUT2D eigenvalue weighted by Gasteiger charge is 2.34. The summed E-state index contributed by atoms with van der Waals surface area (Å²) in [6, 6.07) is 16.3. The highest BCUT2D eigenvalue weighted by atomic mass is 19.4. The molecule has 1 amide bonds. The summed E-state index contributed by atoms with van der Waals surface area (Å²) >= 11 is 0. The molecule has 45 heavy (non-hydrogen) atoms. The third-order valence-corrected chi connectivity index (χ3v) is 6.63. The number of fused-ring (bicyclic) bond motifs is 1. The zero-order valence-electron chi connectivity index (χ0n) is 23.9. The summed E-state index contributed by atoms with van der Waals surface area (Å²) in [4.78, 5) is 36.9. The molecule has 1 unspecified atom stereocenters. The molecule has 0 radical (unpaired) electrons. The minimum absolute atomic E-state index is 0.0385. The van der Waals surface area contributed by atoms with Crippen LogP contribution in [0.15, 0.2) is 66.7 Å². The number of carboxylic acids is 1. The molecule has 0 spiro atoms. The van der Waals surface area contributed by atoms with E-state index < -0.39 is 36.1 Å². The third-order valence-electron chi connectivity index (χ3n) is 6.63. The molecule has 4 rings (SSSR count). The van der Waals surface area contributed by atoms with Crippen molar-refractivity contribution >= 4 is 29.4 Å². The van der Waals surface area contributed by atoms with E-state index in [2.05, 4.69) is 5.32 Å². The van der Waals surface area contributed by atoms with Crippen molar-refractivity contribution in [2.45, 2.75) is 38.1 Å². The van der Waals surface area contributed by atoms with Gasteiger partial charge in [0.05, 0.1) is 36.7 Å². The van der Waals surface area contributed by atoms with Gasteiger partial charge in [0.25, 0.3) is 12.2 Å². The monoisotopic (exact) mass is 632 g/mol. The minimum atomic E-state index is -4.50. The number of anilines is 2. The van der Waals surface area contributed by atoms with Crippen LogP contribution in [0.3, 0.4) is 0 Å². The molecule has 0 fully saturated rings. The number of carbonyl (C=O) groups is 3. The van der Waals surface area contributed by atoms with Crippen LogP contribution in [-0.4, -0.2) is 60.8 Å². The van der Waals surface area contributed by atoms with E-state index in [9.17, 15) is 27.6 Å². The van der Waals surface area contributed by atoms with Gasteiger partial charge < -0.3 is 39.4 Å². The standard InChI is InChI=1S/C31H31F3N2O9/c32-31(33,34)22-7-1-2-10-25(22)43-18-4-3-17-42-21-14-12-20(13-15-21)29(39)35-23-8-5-9-24-28(23)44-27(45-30(40)41)19-36(24)16-6-11-26(37)38/h1-2,5,7-10,12-15,27H,3-4,6,11,16-19H2,(H,35,39)(H,37,38)(H,40,41). The van der Waals surface area contributed by atoms with E-state index in [1.807, 2.05) is 0 Å². The van der Waals surface area contributed by atoms with Crippen molar-refractivity contribution in [1.82, 2.24) is 0 Å². The van der Waals surface area contributed by atoms with Crippen LogP contribution in [0.2, 0.25) is 0 Å². The van der Waals surface area contributed by atoms with Crippen molar-refractivity contribution in [1.29, 1.82) is 0 Å². The van der Waals surface area contributed by atoms with Gasteiger partial charge in [-0.15, -0.1) is 0 Å². The van der Waals surface area contributed by atoms with Crippen LogP contribution < -0.4 is 24.4 Å². The van der Waals surface area contributed by atoms with E-state index in [1.54, 1.807) is 47.4 Å². The zero-order valence-corrected chi connectivity index (χ0v) is 23.9. The topological polar surface area (TPSA) is 144 Å². The van der Waals surface area contributed by atoms with Crippen LogP contribution in [-0.2, 0) is 15.7 Å². The lowest BCUT2D eigenvalue weighted by Crippen LogP contribution is -2.43. The molecule has 3 N–H and O–H groups in total. The van der Waals surface area contributed by atoms with Crippen LogP contribution in [0.4, 0.5) is 29.3 Å². The Kier molecular flexibility index (Phi) is 11.0. The molecular weight excluding hydrogens is 601 g/mol. The molecule has 3 aromatic rings. The van der Waals surface area contributed by atoms with Gasteiger partial charge in [0.1, 0.15) is 11.5 Å². The molecule has 14 heteroatoms. The average molecular weight is 633 g/mol. The number of nitrogens with one attached hydrogen (secondary N) is 1. The summed E-state index contributed by atoms with van der Waals surface area (Å²) in [6.07, 6.45) is -6.04. The number of hydrogen-bond acceptors (Lipinski definition) is 8. The number of rotatable bonds is 14. The molecule has 1 aliphatic rings. The Morgan fingerprint density at radius 1 is 0.911 bits per heavy atom. The van der Waals surface area contributed by atoms with Crippen LogP contribution in [0.1, 0.15) is 41.6 Å². The first-order chi connectivity index (χ1) is 21.5. The zero-order chi connectivity index (χ0) is 32.4. The maximum Gasteiger partial charge on any atom is 0.508 e. The molecule has 0 aliphatic carbocycles. The van der Waals surface area contributed by atoms with E-state index in [1.165, 1.54) is 18.2 Å². The molecule has 11 nitrogen and oxygen atoms in total. The number of ether oxygens (including phenoxy) is 4. The molecule has 3 aromatic carbocycles. The maximum atomic E-state index is 13.1.